The Kier molecular flexibility index (Phi) is 4.89. The Labute approximate surface area is 147 Å². The minimum atomic E-state index is -4.07. The number of carboxylic acids is 1. The molecule has 0 radical (unpaired) electrons. The lowest BCUT2D eigenvalue weighted by molar-refractivity contribution is -0.140. The summed E-state index contributed by atoms with van der Waals surface area (Å²) < 4.78 is 53.2. The van der Waals surface area contributed by atoms with E-state index in [1.165, 1.54) is 22.5 Å². The van der Waals surface area contributed by atoms with Crippen molar-refractivity contribution in [2.45, 2.75) is 41.5 Å². The van der Waals surface area contributed by atoms with Crippen LogP contribution >= 0.6 is 0 Å². The molecule has 138 valence electrons. The maximum Gasteiger partial charge on any atom is 0.322 e. The van der Waals surface area contributed by atoms with E-state index in [0.717, 1.165) is 23.2 Å². The monoisotopic (exact) mass is 388 g/mol. The standard InChI is InChI=1S/C15H20N2O6S2/c18-15(19)14-7-4-10-17(14)25(22,23)13-6-3-5-12(11-13)24(20,21)16-8-1-2-9-16/h3,5-6,11,14H,1-2,4,7-10H2,(H,18,19)/t14-/m1/s1. The van der Waals surface area contributed by atoms with Crippen LogP contribution in [0.5, 0.6) is 0 Å². The largest absolute Gasteiger partial charge is 0.480 e. The van der Waals surface area contributed by atoms with Gasteiger partial charge in [-0.1, -0.05) is 6.07 Å². The number of benzene rings is 1. The van der Waals surface area contributed by atoms with Gasteiger partial charge < -0.3 is 5.11 Å². The summed E-state index contributed by atoms with van der Waals surface area (Å²) in [7, 11) is -7.81. The molecule has 2 saturated heterocycles. The normalized spacial score (nSPS) is 23.1. The predicted octanol–water partition coefficient (Wildman–Crippen LogP) is 0.709. The van der Waals surface area contributed by atoms with Crippen molar-refractivity contribution in [2.24, 2.45) is 0 Å². The van der Waals surface area contributed by atoms with E-state index >= 15 is 0 Å². The molecule has 2 aliphatic heterocycles. The number of sulfonamides is 2. The maximum absolute atomic E-state index is 12.8. The van der Waals surface area contributed by atoms with E-state index < -0.39 is 32.1 Å². The Bertz CT molecular complexity index is 875. The summed E-state index contributed by atoms with van der Waals surface area (Å²) in [6.07, 6.45) is 2.28. The maximum atomic E-state index is 12.8. The van der Waals surface area contributed by atoms with Crippen molar-refractivity contribution < 1.29 is 26.7 Å². The number of carboxylic acid groups (broad SMARTS) is 1. The molecule has 10 heteroatoms. The predicted molar refractivity (Wildman–Crippen MR) is 89.0 cm³/mol. The molecule has 2 heterocycles. The highest BCUT2D eigenvalue weighted by Crippen LogP contribution is 2.28. The second-order valence-corrected chi connectivity index (χ2v) is 10.0. The van der Waals surface area contributed by atoms with Gasteiger partial charge >= 0.3 is 5.97 Å². The van der Waals surface area contributed by atoms with Crippen LogP contribution in [0.1, 0.15) is 25.7 Å². The number of hydrogen-bond donors (Lipinski definition) is 1. The van der Waals surface area contributed by atoms with Crippen LogP contribution in [-0.2, 0) is 24.8 Å². The SMILES string of the molecule is O=C(O)[C@H]1CCCN1S(=O)(=O)c1cccc(S(=O)(=O)N2CCCC2)c1. The minimum absolute atomic E-state index is 0.0819. The van der Waals surface area contributed by atoms with E-state index in [9.17, 15) is 26.7 Å². The second-order valence-electron chi connectivity index (χ2n) is 6.20. The van der Waals surface area contributed by atoms with Gasteiger partial charge in [-0.2, -0.15) is 8.61 Å². The van der Waals surface area contributed by atoms with Crippen LogP contribution in [0.3, 0.4) is 0 Å². The Morgan fingerprint density at radius 1 is 0.960 bits per heavy atom. The van der Waals surface area contributed by atoms with Crippen LogP contribution in [-0.4, -0.2) is 62.2 Å². The molecular formula is C15H20N2O6S2. The summed E-state index contributed by atoms with van der Waals surface area (Å²) in [5.41, 5.74) is 0. The average Bonchev–Trinajstić information content (AvgIpc) is 3.26. The third-order valence-corrected chi connectivity index (χ3v) is 8.40. The molecule has 1 aromatic rings. The minimum Gasteiger partial charge on any atom is -0.480 e. The van der Waals surface area contributed by atoms with Crippen molar-refractivity contribution in [3.05, 3.63) is 24.3 Å². The van der Waals surface area contributed by atoms with Crippen LogP contribution in [0.2, 0.25) is 0 Å². The Morgan fingerprint density at radius 2 is 1.56 bits per heavy atom. The Balaban J connectivity index is 1.97. The van der Waals surface area contributed by atoms with Crippen molar-refractivity contribution in [1.82, 2.24) is 8.61 Å². The number of hydrogen-bond acceptors (Lipinski definition) is 5. The molecule has 1 N–H and O–H groups in total. The summed E-state index contributed by atoms with van der Waals surface area (Å²) >= 11 is 0. The second kappa shape index (κ2) is 6.67. The van der Waals surface area contributed by atoms with Crippen LogP contribution in [0, 0.1) is 0 Å². The van der Waals surface area contributed by atoms with Gasteiger partial charge in [0.05, 0.1) is 9.79 Å². The lowest BCUT2D eigenvalue weighted by Gasteiger charge is -2.21. The molecule has 0 unspecified atom stereocenters. The van der Waals surface area contributed by atoms with E-state index in [-0.39, 0.29) is 22.8 Å². The average molecular weight is 388 g/mol. The fourth-order valence-electron chi connectivity index (χ4n) is 3.28. The van der Waals surface area contributed by atoms with E-state index in [1.54, 1.807) is 0 Å². The number of nitrogens with zero attached hydrogens (tertiary/aromatic N) is 2. The number of carbonyl (C=O) groups is 1. The van der Waals surface area contributed by atoms with Crippen molar-refractivity contribution in [1.29, 1.82) is 0 Å². The molecule has 2 aliphatic rings. The molecule has 0 aliphatic carbocycles. The Morgan fingerprint density at radius 3 is 2.16 bits per heavy atom. The van der Waals surface area contributed by atoms with E-state index in [4.69, 9.17) is 0 Å². The molecule has 1 atom stereocenters. The Hall–Kier alpha value is -1.49. The van der Waals surface area contributed by atoms with E-state index in [1.807, 2.05) is 0 Å². The van der Waals surface area contributed by atoms with Crippen LogP contribution in [0.15, 0.2) is 34.1 Å². The highest BCUT2D eigenvalue weighted by atomic mass is 32.2. The van der Waals surface area contributed by atoms with Crippen molar-refractivity contribution in [3.63, 3.8) is 0 Å². The molecule has 0 bridgehead atoms. The van der Waals surface area contributed by atoms with E-state index in [0.29, 0.717) is 19.5 Å². The van der Waals surface area contributed by atoms with Crippen molar-refractivity contribution >= 4 is 26.0 Å². The fourth-order valence-corrected chi connectivity index (χ4v) is 6.62. The smallest absolute Gasteiger partial charge is 0.322 e. The van der Waals surface area contributed by atoms with Crippen LogP contribution < -0.4 is 0 Å². The van der Waals surface area contributed by atoms with Gasteiger partial charge in [-0.05, 0) is 43.9 Å². The molecule has 8 nitrogen and oxygen atoms in total. The zero-order chi connectivity index (χ0) is 18.2. The zero-order valence-electron chi connectivity index (χ0n) is 13.5. The van der Waals surface area contributed by atoms with Gasteiger partial charge in [-0.3, -0.25) is 4.79 Å². The number of aliphatic carboxylic acids is 1. The molecule has 3 rings (SSSR count). The van der Waals surface area contributed by atoms with Gasteiger partial charge in [0.25, 0.3) is 0 Å². The highest BCUT2D eigenvalue weighted by molar-refractivity contribution is 7.90. The summed E-state index contributed by atoms with van der Waals surface area (Å²) in [4.78, 5) is 11.0. The third kappa shape index (κ3) is 3.31. The van der Waals surface area contributed by atoms with Crippen LogP contribution in [0.25, 0.3) is 0 Å². The third-order valence-electron chi connectivity index (χ3n) is 4.60. The van der Waals surface area contributed by atoms with Crippen LogP contribution in [0.4, 0.5) is 0 Å². The van der Waals surface area contributed by atoms with Gasteiger partial charge in [0, 0.05) is 19.6 Å². The fraction of sp³-hybridized carbons (Fsp3) is 0.533. The molecule has 0 spiro atoms. The zero-order valence-corrected chi connectivity index (χ0v) is 15.2. The summed E-state index contributed by atoms with van der Waals surface area (Å²) in [5, 5.41) is 9.21. The molecule has 0 amide bonds. The quantitative estimate of drug-likeness (QED) is 0.795. The first-order chi connectivity index (χ1) is 11.7. The first-order valence-corrected chi connectivity index (χ1v) is 11.0. The molecule has 25 heavy (non-hydrogen) atoms. The molecular weight excluding hydrogens is 368 g/mol. The summed E-state index contributed by atoms with van der Waals surface area (Å²) in [6, 6.07) is 4.06. The lowest BCUT2D eigenvalue weighted by atomic mass is 10.2. The molecule has 0 saturated carbocycles. The first kappa shape index (κ1) is 18.3. The topological polar surface area (TPSA) is 112 Å². The highest BCUT2D eigenvalue weighted by Gasteiger charge is 2.40. The molecule has 2 fully saturated rings. The van der Waals surface area contributed by atoms with Gasteiger partial charge in [0.2, 0.25) is 20.0 Å². The summed E-state index contributed by atoms with van der Waals surface area (Å²) in [6.45, 7) is 0.960. The van der Waals surface area contributed by atoms with Gasteiger partial charge in [0.15, 0.2) is 0 Å². The summed E-state index contributed by atoms with van der Waals surface area (Å²) in [5.74, 6) is -1.19. The number of rotatable bonds is 5. The van der Waals surface area contributed by atoms with Gasteiger partial charge in [-0.25, -0.2) is 16.8 Å². The lowest BCUT2D eigenvalue weighted by Crippen LogP contribution is -2.40. The first-order valence-electron chi connectivity index (χ1n) is 8.09. The van der Waals surface area contributed by atoms with E-state index in [2.05, 4.69) is 0 Å². The molecule has 0 aromatic heterocycles. The molecule has 1 aromatic carbocycles. The van der Waals surface area contributed by atoms with Crippen molar-refractivity contribution in [2.75, 3.05) is 19.6 Å². The van der Waals surface area contributed by atoms with Gasteiger partial charge in [-0.15, -0.1) is 0 Å². The van der Waals surface area contributed by atoms with Crippen molar-refractivity contribution in [3.8, 4) is 0 Å². The van der Waals surface area contributed by atoms with Gasteiger partial charge in [0.1, 0.15) is 6.04 Å².